The second-order valence-electron chi connectivity index (χ2n) is 10.2. The molecule has 0 aromatic heterocycles. The summed E-state index contributed by atoms with van der Waals surface area (Å²) in [5.74, 6) is 0.358. The molecule has 0 heterocycles. The SMILES string of the molecule is CC(C)c1ccc2c(c1)C(O)CC1C(C)(C(=O)Oc3ccc([NH+]([O-])O)cc3)CCCC21C. The number of benzene rings is 2. The van der Waals surface area contributed by atoms with Gasteiger partial charge < -0.3 is 15.1 Å². The molecule has 0 bridgehead atoms. The van der Waals surface area contributed by atoms with Gasteiger partial charge in [-0.25, -0.2) is 5.21 Å². The molecule has 6 heteroatoms. The Morgan fingerprint density at radius 1 is 1.16 bits per heavy atom. The van der Waals surface area contributed by atoms with Gasteiger partial charge >= 0.3 is 5.97 Å². The quantitative estimate of drug-likeness (QED) is 0.375. The number of hydrogen-bond acceptors (Lipinski definition) is 5. The maximum Gasteiger partial charge on any atom is 0.317 e. The number of carbonyl (C=O) groups excluding carboxylic acids is 1. The van der Waals surface area contributed by atoms with Gasteiger partial charge in [-0.2, -0.15) is 5.23 Å². The number of quaternary nitrogens is 1. The van der Waals surface area contributed by atoms with E-state index in [0.717, 1.165) is 24.0 Å². The lowest BCUT2D eigenvalue weighted by Crippen LogP contribution is -2.99. The fourth-order valence-corrected chi connectivity index (χ4v) is 5.94. The fraction of sp³-hybridized carbons (Fsp3) is 0.500. The summed E-state index contributed by atoms with van der Waals surface area (Å²) >= 11 is 0. The predicted octanol–water partition coefficient (Wildman–Crippen LogP) is 4.32. The summed E-state index contributed by atoms with van der Waals surface area (Å²) in [4.78, 5) is 13.4. The zero-order chi connectivity index (χ0) is 23.3. The highest BCUT2D eigenvalue weighted by Crippen LogP contribution is 2.59. The van der Waals surface area contributed by atoms with Crippen LogP contribution in [-0.2, 0) is 10.2 Å². The van der Waals surface area contributed by atoms with E-state index in [9.17, 15) is 15.1 Å². The molecule has 0 radical (unpaired) electrons. The van der Waals surface area contributed by atoms with Crippen LogP contribution in [0.2, 0.25) is 0 Å². The Morgan fingerprint density at radius 2 is 1.84 bits per heavy atom. The molecule has 5 atom stereocenters. The molecule has 0 saturated heterocycles. The first-order valence-corrected chi connectivity index (χ1v) is 11.4. The molecule has 2 aromatic carbocycles. The number of rotatable bonds is 4. The predicted molar refractivity (Wildman–Crippen MR) is 121 cm³/mol. The van der Waals surface area contributed by atoms with Crippen molar-refractivity contribution in [3.8, 4) is 5.75 Å². The van der Waals surface area contributed by atoms with Gasteiger partial charge in [-0.15, -0.1) is 0 Å². The van der Waals surface area contributed by atoms with Crippen molar-refractivity contribution in [2.75, 3.05) is 0 Å². The van der Waals surface area contributed by atoms with Crippen molar-refractivity contribution in [1.29, 1.82) is 0 Å². The van der Waals surface area contributed by atoms with Gasteiger partial charge in [0, 0.05) is 12.1 Å². The number of aliphatic hydroxyl groups excluding tert-OH is 1. The van der Waals surface area contributed by atoms with Crippen LogP contribution in [0, 0.1) is 16.5 Å². The lowest BCUT2D eigenvalue weighted by molar-refractivity contribution is -0.991. The molecule has 6 nitrogen and oxygen atoms in total. The van der Waals surface area contributed by atoms with Crippen molar-refractivity contribution in [1.82, 2.24) is 0 Å². The molecule has 2 aliphatic carbocycles. The van der Waals surface area contributed by atoms with Crippen molar-refractivity contribution in [3.05, 3.63) is 64.4 Å². The highest BCUT2D eigenvalue weighted by atomic mass is 16.8. The Kier molecular flexibility index (Phi) is 5.92. The summed E-state index contributed by atoms with van der Waals surface area (Å²) in [6, 6.07) is 12.4. The van der Waals surface area contributed by atoms with E-state index in [-0.39, 0.29) is 23.0 Å². The van der Waals surface area contributed by atoms with Crippen LogP contribution in [0.1, 0.15) is 82.1 Å². The van der Waals surface area contributed by atoms with Crippen LogP contribution in [0.5, 0.6) is 5.75 Å². The topological polar surface area (TPSA) is 94.3 Å². The second-order valence-corrected chi connectivity index (χ2v) is 10.2. The van der Waals surface area contributed by atoms with Gasteiger partial charge in [0.05, 0.1) is 11.5 Å². The Morgan fingerprint density at radius 3 is 2.47 bits per heavy atom. The summed E-state index contributed by atoms with van der Waals surface area (Å²) in [6.07, 6.45) is 2.48. The van der Waals surface area contributed by atoms with Gasteiger partial charge in [0.15, 0.2) is 5.69 Å². The zero-order valence-electron chi connectivity index (χ0n) is 19.2. The van der Waals surface area contributed by atoms with E-state index in [1.165, 1.54) is 29.8 Å². The van der Waals surface area contributed by atoms with Crippen molar-refractivity contribution in [3.63, 3.8) is 0 Å². The van der Waals surface area contributed by atoms with Crippen LogP contribution in [0.25, 0.3) is 0 Å². The third-order valence-electron chi connectivity index (χ3n) is 7.88. The van der Waals surface area contributed by atoms with Crippen LogP contribution in [0.4, 0.5) is 5.69 Å². The molecule has 1 fully saturated rings. The molecule has 0 amide bonds. The monoisotopic (exact) mass is 439 g/mol. The number of aliphatic hydroxyl groups is 1. The van der Waals surface area contributed by atoms with E-state index in [2.05, 4.69) is 39.0 Å². The minimum absolute atomic E-state index is 0.0538. The molecule has 0 spiro atoms. The summed E-state index contributed by atoms with van der Waals surface area (Å²) in [5, 5.41) is 30.2. The van der Waals surface area contributed by atoms with Crippen LogP contribution in [0.3, 0.4) is 0 Å². The molecule has 3 N–H and O–H groups in total. The van der Waals surface area contributed by atoms with E-state index in [1.807, 2.05) is 6.92 Å². The summed E-state index contributed by atoms with van der Waals surface area (Å²) < 4.78 is 5.75. The van der Waals surface area contributed by atoms with Crippen LogP contribution in [0.15, 0.2) is 42.5 Å². The maximum absolute atomic E-state index is 13.4. The molecular weight excluding hydrogens is 406 g/mol. The highest BCUT2D eigenvalue weighted by Gasteiger charge is 2.57. The molecule has 2 aromatic rings. The average Bonchev–Trinajstić information content (AvgIpc) is 2.75. The first-order chi connectivity index (χ1) is 15.1. The van der Waals surface area contributed by atoms with Crippen molar-refractivity contribution >= 4 is 11.7 Å². The third kappa shape index (κ3) is 3.75. The van der Waals surface area contributed by atoms with Gasteiger partial charge in [0.25, 0.3) is 0 Å². The van der Waals surface area contributed by atoms with Crippen molar-refractivity contribution in [2.45, 2.75) is 70.8 Å². The van der Waals surface area contributed by atoms with Crippen molar-refractivity contribution in [2.24, 2.45) is 11.3 Å². The Hall–Kier alpha value is -2.25. The second kappa shape index (κ2) is 8.27. The van der Waals surface area contributed by atoms with Crippen LogP contribution < -0.4 is 9.96 Å². The maximum atomic E-state index is 13.4. The number of esters is 1. The van der Waals surface area contributed by atoms with Gasteiger partial charge in [-0.3, -0.25) is 4.79 Å². The third-order valence-corrected chi connectivity index (χ3v) is 7.88. The molecule has 4 rings (SSSR count). The summed E-state index contributed by atoms with van der Waals surface area (Å²) in [6.45, 7) is 8.49. The van der Waals surface area contributed by atoms with Gasteiger partial charge in [-0.05, 0) is 72.3 Å². The molecule has 0 aliphatic heterocycles. The lowest BCUT2D eigenvalue weighted by atomic mass is 9.49. The minimum atomic E-state index is -1.02. The number of fused-ring (bicyclic) bond motifs is 3. The lowest BCUT2D eigenvalue weighted by Gasteiger charge is -2.55. The smallest absolute Gasteiger partial charge is 0.317 e. The molecule has 32 heavy (non-hydrogen) atoms. The molecule has 172 valence electrons. The zero-order valence-corrected chi connectivity index (χ0v) is 19.2. The first-order valence-electron chi connectivity index (χ1n) is 11.4. The van der Waals surface area contributed by atoms with Gasteiger partial charge in [0.2, 0.25) is 0 Å². The normalized spacial score (nSPS) is 30.4. The molecular formula is C26H33NO5. The summed E-state index contributed by atoms with van der Waals surface area (Å²) in [7, 11) is 0. The minimum Gasteiger partial charge on any atom is -0.595 e. The molecule has 1 saturated carbocycles. The first kappa shape index (κ1) is 22.9. The Bertz CT molecular complexity index is 1000. The van der Waals surface area contributed by atoms with Crippen LogP contribution >= 0.6 is 0 Å². The molecule has 5 unspecified atom stereocenters. The average molecular weight is 440 g/mol. The van der Waals surface area contributed by atoms with E-state index in [4.69, 9.17) is 9.94 Å². The highest BCUT2D eigenvalue weighted by molar-refractivity contribution is 5.80. The van der Waals surface area contributed by atoms with Gasteiger partial charge in [-0.1, -0.05) is 45.4 Å². The number of ether oxygens (including phenoxy) is 1. The van der Waals surface area contributed by atoms with E-state index < -0.39 is 16.7 Å². The largest absolute Gasteiger partial charge is 0.595 e. The Balaban J connectivity index is 1.65. The van der Waals surface area contributed by atoms with E-state index in [1.54, 1.807) is 0 Å². The number of carbonyl (C=O) groups is 1. The van der Waals surface area contributed by atoms with Gasteiger partial charge in [0.1, 0.15) is 5.75 Å². The number of hydrogen-bond donors (Lipinski definition) is 3. The molecule has 2 aliphatic rings. The van der Waals surface area contributed by atoms with Crippen molar-refractivity contribution < 1.29 is 25.1 Å². The summed E-state index contributed by atoms with van der Waals surface area (Å²) in [5.41, 5.74) is 2.55. The van der Waals surface area contributed by atoms with E-state index in [0.29, 0.717) is 24.5 Å². The van der Waals surface area contributed by atoms with E-state index >= 15 is 0 Å². The van der Waals surface area contributed by atoms with Crippen LogP contribution in [-0.4, -0.2) is 16.3 Å². The fourth-order valence-electron chi connectivity index (χ4n) is 5.94. The standard InChI is InChI=1S/C26H33NO5/c1-16(2)17-6-11-21-20(14-17)22(28)15-23-25(21,3)12-5-13-26(23,4)24(29)32-19-9-7-18(8-10-19)27(30)31/h6-11,14,16,22-23,27-28,30H,5,12-13,15H2,1-4H3. The number of nitrogens with one attached hydrogen (secondary N) is 1. The Labute approximate surface area is 189 Å².